The highest BCUT2D eigenvalue weighted by atomic mass is 35.5. The molecule has 0 aliphatic carbocycles. The molecule has 2 rings (SSSR count). The fourth-order valence-electron chi connectivity index (χ4n) is 2.24. The van der Waals surface area contributed by atoms with E-state index in [1.54, 1.807) is 12.1 Å². The van der Waals surface area contributed by atoms with Crippen LogP contribution in [0.2, 0.25) is 5.15 Å². The highest BCUT2D eigenvalue weighted by Crippen LogP contribution is 2.21. The number of nitrogens with zero attached hydrogens (tertiary/aromatic N) is 2. The van der Waals surface area contributed by atoms with Crippen molar-refractivity contribution < 1.29 is 19.4 Å². The number of pyridine rings is 1. The standard InChI is InChI=1S/C13H16ClN3O4/c1-21-12-8(2-4-10(14)16-12)6-17(13(19)20)7-9-3-5-11(18)15-9/h2,4,9H,3,5-7H2,1H3,(H,15,18)(H,19,20). The lowest BCUT2D eigenvalue weighted by Crippen LogP contribution is -2.41. The minimum Gasteiger partial charge on any atom is -0.481 e. The fourth-order valence-corrected chi connectivity index (χ4v) is 2.38. The zero-order valence-electron chi connectivity index (χ0n) is 11.5. The summed E-state index contributed by atoms with van der Waals surface area (Å²) in [7, 11) is 1.45. The molecule has 21 heavy (non-hydrogen) atoms. The van der Waals surface area contributed by atoms with Crippen molar-refractivity contribution in [1.29, 1.82) is 0 Å². The number of hydrogen-bond donors (Lipinski definition) is 2. The molecule has 1 fully saturated rings. The van der Waals surface area contributed by atoms with Crippen LogP contribution >= 0.6 is 11.6 Å². The number of methoxy groups -OCH3 is 1. The maximum atomic E-state index is 11.4. The lowest BCUT2D eigenvalue weighted by molar-refractivity contribution is -0.119. The number of aromatic nitrogens is 1. The van der Waals surface area contributed by atoms with Gasteiger partial charge in [0.1, 0.15) is 5.15 Å². The van der Waals surface area contributed by atoms with Crippen molar-refractivity contribution in [3.05, 3.63) is 22.8 Å². The van der Waals surface area contributed by atoms with Crippen LogP contribution < -0.4 is 10.1 Å². The van der Waals surface area contributed by atoms with Gasteiger partial charge < -0.3 is 20.1 Å². The maximum absolute atomic E-state index is 11.4. The molecule has 2 amide bonds. The van der Waals surface area contributed by atoms with Gasteiger partial charge in [-0.25, -0.2) is 9.78 Å². The summed E-state index contributed by atoms with van der Waals surface area (Å²) in [4.78, 5) is 27.8. The van der Waals surface area contributed by atoms with Gasteiger partial charge >= 0.3 is 6.09 Å². The summed E-state index contributed by atoms with van der Waals surface area (Å²) < 4.78 is 5.11. The van der Waals surface area contributed by atoms with E-state index in [9.17, 15) is 14.7 Å². The third kappa shape index (κ3) is 3.98. The van der Waals surface area contributed by atoms with Crippen LogP contribution in [0, 0.1) is 0 Å². The quantitative estimate of drug-likeness (QED) is 0.804. The Morgan fingerprint density at radius 3 is 2.95 bits per heavy atom. The fraction of sp³-hybridized carbons (Fsp3) is 0.462. The molecule has 2 N–H and O–H groups in total. The number of amides is 2. The number of carbonyl (C=O) groups is 2. The number of hydrogen-bond acceptors (Lipinski definition) is 4. The van der Waals surface area contributed by atoms with Gasteiger partial charge in [-0.3, -0.25) is 4.79 Å². The van der Waals surface area contributed by atoms with E-state index in [1.807, 2.05) is 0 Å². The molecule has 7 nitrogen and oxygen atoms in total. The first-order valence-corrected chi connectivity index (χ1v) is 6.84. The number of halogens is 1. The summed E-state index contributed by atoms with van der Waals surface area (Å²) in [5.74, 6) is 0.250. The Hall–Kier alpha value is -2.02. The molecule has 0 aromatic carbocycles. The lowest BCUT2D eigenvalue weighted by atomic mass is 10.2. The minimum atomic E-state index is -1.06. The maximum Gasteiger partial charge on any atom is 0.407 e. The van der Waals surface area contributed by atoms with Crippen LogP contribution in [-0.2, 0) is 11.3 Å². The van der Waals surface area contributed by atoms with Crippen molar-refractivity contribution in [3.8, 4) is 5.88 Å². The second kappa shape index (κ2) is 6.62. The summed E-state index contributed by atoms with van der Waals surface area (Å²) in [5.41, 5.74) is 0.619. The van der Waals surface area contributed by atoms with E-state index in [1.165, 1.54) is 12.0 Å². The molecule has 0 radical (unpaired) electrons. The molecule has 0 saturated carbocycles. The molecule has 1 saturated heterocycles. The first kappa shape index (κ1) is 15.4. The molecule has 8 heteroatoms. The molecule has 1 aromatic rings. The van der Waals surface area contributed by atoms with Gasteiger partial charge in [-0.2, -0.15) is 0 Å². The molecular formula is C13H16ClN3O4. The van der Waals surface area contributed by atoms with E-state index in [-0.39, 0.29) is 30.2 Å². The molecule has 1 aromatic heterocycles. The molecule has 0 spiro atoms. The van der Waals surface area contributed by atoms with E-state index in [0.717, 1.165) is 0 Å². The van der Waals surface area contributed by atoms with Crippen LogP contribution in [0.15, 0.2) is 12.1 Å². The van der Waals surface area contributed by atoms with E-state index in [2.05, 4.69) is 10.3 Å². The summed E-state index contributed by atoms with van der Waals surface area (Å²) in [6.07, 6.45) is 0.0101. The van der Waals surface area contributed by atoms with Gasteiger partial charge in [0.15, 0.2) is 0 Å². The average molecular weight is 314 g/mol. The second-order valence-electron chi connectivity index (χ2n) is 4.77. The zero-order valence-corrected chi connectivity index (χ0v) is 12.3. The van der Waals surface area contributed by atoms with Gasteiger partial charge in [-0.15, -0.1) is 0 Å². The number of rotatable bonds is 5. The van der Waals surface area contributed by atoms with Crippen molar-refractivity contribution in [2.45, 2.75) is 25.4 Å². The molecule has 1 aliphatic heterocycles. The Labute approximate surface area is 126 Å². The highest BCUT2D eigenvalue weighted by Gasteiger charge is 2.26. The van der Waals surface area contributed by atoms with Crippen LogP contribution in [-0.4, -0.2) is 46.7 Å². The topological polar surface area (TPSA) is 91.8 Å². The number of nitrogens with one attached hydrogen (secondary N) is 1. The van der Waals surface area contributed by atoms with Crippen LogP contribution in [0.25, 0.3) is 0 Å². The smallest absolute Gasteiger partial charge is 0.407 e. The first-order chi connectivity index (χ1) is 9.99. The monoisotopic (exact) mass is 313 g/mol. The molecule has 1 atom stereocenters. The Morgan fingerprint density at radius 2 is 2.38 bits per heavy atom. The first-order valence-electron chi connectivity index (χ1n) is 6.46. The lowest BCUT2D eigenvalue weighted by Gasteiger charge is -2.23. The Kier molecular flexibility index (Phi) is 4.85. The summed E-state index contributed by atoms with van der Waals surface area (Å²) >= 11 is 5.78. The highest BCUT2D eigenvalue weighted by molar-refractivity contribution is 6.29. The van der Waals surface area contributed by atoms with Gasteiger partial charge in [0.05, 0.1) is 13.7 Å². The van der Waals surface area contributed by atoms with Gasteiger partial charge in [0.2, 0.25) is 11.8 Å². The zero-order chi connectivity index (χ0) is 15.4. The van der Waals surface area contributed by atoms with Gasteiger partial charge in [-0.05, 0) is 18.6 Å². The summed E-state index contributed by atoms with van der Waals surface area (Å²) in [5, 5.41) is 12.3. The molecule has 1 unspecified atom stereocenters. The second-order valence-corrected chi connectivity index (χ2v) is 5.16. The van der Waals surface area contributed by atoms with E-state index < -0.39 is 6.09 Å². The normalized spacial score (nSPS) is 17.4. The van der Waals surface area contributed by atoms with Gasteiger partial charge in [0.25, 0.3) is 0 Å². The third-order valence-corrected chi connectivity index (χ3v) is 3.47. The van der Waals surface area contributed by atoms with Crippen LogP contribution in [0.3, 0.4) is 0 Å². The van der Waals surface area contributed by atoms with Crippen LogP contribution in [0.1, 0.15) is 18.4 Å². The Bertz CT molecular complexity index is 552. The van der Waals surface area contributed by atoms with Crippen molar-refractivity contribution in [3.63, 3.8) is 0 Å². The largest absolute Gasteiger partial charge is 0.481 e. The summed E-state index contributed by atoms with van der Waals surface area (Å²) in [6, 6.07) is 3.11. The van der Waals surface area contributed by atoms with E-state index >= 15 is 0 Å². The molecule has 114 valence electrons. The summed E-state index contributed by atoms with van der Waals surface area (Å²) in [6.45, 7) is 0.349. The van der Waals surface area contributed by atoms with Crippen LogP contribution in [0.5, 0.6) is 5.88 Å². The molecule has 0 bridgehead atoms. The van der Waals surface area contributed by atoms with Crippen molar-refractivity contribution >= 4 is 23.6 Å². The Balaban J connectivity index is 2.09. The molecule has 2 heterocycles. The third-order valence-electron chi connectivity index (χ3n) is 3.26. The predicted octanol–water partition coefficient (Wildman–Crippen LogP) is 1.50. The van der Waals surface area contributed by atoms with E-state index in [4.69, 9.17) is 16.3 Å². The van der Waals surface area contributed by atoms with Crippen molar-refractivity contribution in [1.82, 2.24) is 15.2 Å². The number of carboxylic acid groups (broad SMARTS) is 1. The average Bonchev–Trinajstić information content (AvgIpc) is 2.85. The van der Waals surface area contributed by atoms with Crippen molar-refractivity contribution in [2.75, 3.05) is 13.7 Å². The minimum absolute atomic E-state index is 0.0453. The molecular weight excluding hydrogens is 298 g/mol. The van der Waals surface area contributed by atoms with Crippen LogP contribution in [0.4, 0.5) is 4.79 Å². The SMILES string of the molecule is COc1nc(Cl)ccc1CN(CC1CCC(=O)N1)C(=O)O. The number of carbonyl (C=O) groups excluding carboxylic acids is 1. The number of ether oxygens (including phenoxy) is 1. The van der Waals surface area contributed by atoms with Crippen molar-refractivity contribution in [2.24, 2.45) is 0 Å². The van der Waals surface area contributed by atoms with Gasteiger partial charge in [-0.1, -0.05) is 11.6 Å². The molecule has 1 aliphatic rings. The van der Waals surface area contributed by atoms with E-state index in [0.29, 0.717) is 24.3 Å². The Morgan fingerprint density at radius 1 is 1.62 bits per heavy atom. The van der Waals surface area contributed by atoms with Gasteiger partial charge in [0, 0.05) is 24.6 Å². The predicted molar refractivity (Wildman–Crippen MR) is 75.4 cm³/mol.